The van der Waals surface area contributed by atoms with Gasteiger partial charge in [0.1, 0.15) is 17.5 Å². The quantitative estimate of drug-likeness (QED) is 0.899. The third kappa shape index (κ3) is 4.58. The van der Waals surface area contributed by atoms with Crippen molar-refractivity contribution in [1.82, 2.24) is 15.3 Å². The van der Waals surface area contributed by atoms with Crippen LogP contribution in [0.25, 0.3) is 0 Å². The Balaban J connectivity index is 2.31. The minimum atomic E-state index is -0.543. The molecule has 1 atom stereocenters. The summed E-state index contributed by atoms with van der Waals surface area (Å²) < 4.78 is 5.38. The lowest BCUT2D eigenvalue weighted by Crippen LogP contribution is -2.35. The molecule has 124 valence electrons. The molecule has 0 aliphatic heterocycles. The zero-order valence-corrected chi connectivity index (χ0v) is 14.4. The number of benzene rings is 1. The zero-order valence-electron chi connectivity index (χ0n) is 14.4. The smallest absolute Gasteiger partial charge is 0.408 e. The molecule has 0 fully saturated rings. The number of rotatable bonds is 4. The van der Waals surface area contributed by atoms with Crippen molar-refractivity contribution < 1.29 is 9.53 Å². The number of aryl methyl sites for hydroxylation is 2. The zero-order chi connectivity index (χ0) is 17.0. The Morgan fingerprint density at radius 3 is 2.48 bits per heavy atom. The standard InChI is InChI=1S/C18H25N3O2/c1-6-14-12(2)19-16(20-14)15(13-10-8-7-9-11-13)21-17(22)23-18(3,4)5/h7-11,15H,6H2,1-5H3,(H,19,20)(H,21,22)/t15-/m0/s1. The molecular weight excluding hydrogens is 290 g/mol. The Kier molecular flexibility index (Phi) is 5.08. The van der Waals surface area contributed by atoms with E-state index >= 15 is 0 Å². The van der Waals surface area contributed by atoms with Crippen molar-refractivity contribution in [3.05, 3.63) is 53.1 Å². The van der Waals surface area contributed by atoms with Gasteiger partial charge in [0.15, 0.2) is 0 Å². The van der Waals surface area contributed by atoms with E-state index in [9.17, 15) is 4.79 Å². The van der Waals surface area contributed by atoms with Gasteiger partial charge in [0, 0.05) is 5.69 Å². The molecule has 0 bridgehead atoms. The van der Waals surface area contributed by atoms with E-state index in [0.29, 0.717) is 0 Å². The number of nitrogens with zero attached hydrogens (tertiary/aromatic N) is 1. The van der Waals surface area contributed by atoms with Crippen molar-refractivity contribution in [2.75, 3.05) is 0 Å². The van der Waals surface area contributed by atoms with Gasteiger partial charge in [0.05, 0.1) is 5.69 Å². The molecule has 0 radical (unpaired) electrons. The van der Waals surface area contributed by atoms with E-state index in [1.165, 1.54) is 0 Å². The number of imidazole rings is 1. The summed E-state index contributed by atoms with van der Waals surface area (Å²) in [5.41, 5.74) is 2.44. The highest BCUT2D eigenvalue weighted by atomic mass is 16.6. The van der Waals surface area contributed by atoms with E-state index in [-0.39, 0.29) is 6.04 Å². The second-order valence-electron chi connectivity index (χ2n) is 6.54. The maximum Gasteiger partial charge on any atom is 0.408 e. The molecule has 0 saturated heterocycles. The van der Waals surface area contributed by atoms with Gasteiger partial charge in [-0.05, 0) is 39.7 Å². The third-order valence-electron chi connectivity index (χ3n) is 3.41. The predicted octanol–water partition coefficient (Wildman–Crippen LogP) is 3.89. The number of ether oxygens (including phenoxy) is 1. The van der Waals surface area contributed by atoms with Crippen LogP contribution in [0.2, 0.25) is 0 Å². The molecule has 2 N–H and O–H groups in total. The molecule has 1 amide bonds. The highest BCUT2D eigenvalue weighted by molar-refractivity contribution is 5.69. The Labute approximate surface area is 137 Å². The molecule has 0 aliphatic carbocycles. The van der Waals surface area contributed by atoms with Gasteiger partial charge in [-0.2, -0.15) is 0 Å². The molecule has 5 heteroatoms. The van der Waals surface area contributed by atoms with Crippen LogP contribution in [0.15, 0.2) is 30.3 Å². The highest BCUT2D eigenvalue weighted by Gasteiger charge is 2.24. The number of alkyl carbamates (subject to hydrolysis) is 1. The van der Waals surface area contributed by atoms with Crippen LogP contribution in [0.5, 0.6) is 0 Å². The number of aromatic nitrogens is 2. The second-order valence-corrected chi connectivity index (χ2v) is 6.54. The van der Waals surface area contributed by atoms with Gasteiger partial charge in [-0.1, -0.05) is 37.3 Å². The molecule has 2 rings (SSSR count). The summed E-state index contributed by atoms with van der Waals surface area (Å²) >= 11 is 0. The molecule has 1 heterocycles. The van der Waals surface area contributed by atoms with Crippen LogP contribution < -0.4 is 5.32 Å². The highest BCUT2D eigenvalue weighted by Crippen LogP contribution is 2.22. The Bertz CT molecular complexity index is 657. The first-order chi connectivity index (χ1) is 10.8. The summed E-state index contributed by atoms with van der Waals surface area (Å²) in [5.74, 6) is 0.719. The first-order valence-electron chi connectivity index (χ1n) is 7.90. The number of hydrogen-bond donors (Lipinski definition) is 2. The van der Waals surface area contributed by atoms with E-state index < -0.39 is 11.7 Å². The lowest BCUT2D eigenvalue weighted by atomic mass is 10.1. The Morgan fingerprint density at radius 1 is 1.30 bits per heavy atom. The van der Waals surface area contributed by atoms with Crippen molar-refractivity contribution >= 4 is 6.09 Å². The van der Waals surface area contributed by atoms with Crippen molar-refractivity contribution in [3.63, 3.8) is 0 Å². The minimum absolute atomic E-state index is 0.370. The lowest BCUT2D eigenvalue weighted by Gasteiger charge is -2.23. The lowest BCUT2D eigenvalue weighted by molar-refractivity contribution is 0.0510. The SMILES string of the molecule is CCc1nc([C@@H](NC(=O)OC(C)(C)C)c2ccccc2)[nH]c1C. The molecular formula is C18H25N3O2. The summed E-state index contributed by atoms with van der Waals surface area (Å²) in [6.07, 6.45) is 0.384. The molecule has 1 aromatic heterocycles. The molecule has 2 aromatic rings. The van der Waals surface area contributed by atoms with Crippen molar-refractivity contribution in [2.45, 2.75) is 52.7 Å². The van der Waals surface area contributed by atoms with E-state index in [4.69, 9.17) is 4.74 Å². The van der Waals surface area contributed by atoms with Crippen molar-refractivity contribution in [2.24, 2.45) is 0 Å². The van der Waals surface area contributed by atoms with Gasteiger partial charge >= 0.3 is 6.09 Å². The van der Waals surface area contributed by atoms with Crippen LogP contribution in [0.4, 0.5) is 4.79 Å². The second kappa shape index (κ2) is 6.86. The van der Waals surface area contributed by atoms with E-state index in [2.05, 4.69) is 22.2 Å². The number of aromatic amines is 1. The molecule has 0 aliphatic rings. The fourth-order valence-corrected chi connectivity index (χ4v) is 2.38. The van der Waals surface area contributed by atoms with Gasteiger partial charge in [-0.25, -0.2) is 9.78 Å². The molecule has 0 saturated carbocycles. The van der Waals surface area contributed by atoms with Gasteiger partial charge in [-0.15, -0.1) is 0 Å². The van der Waals surface area contributed by atoms with Crippen LogP contribution in [-0.4, -0.2) is 21.7 Å². The van der Waals surface area contributed by atoms with Crippen LogP contribution in [0.3, 0.4) is 0 Å². The summed E-state index contributed by atoms with van der Waals surface area (Å²) in [6.45, 7) is 9.58. The predicted molar refractivity (Wildman–Crippen MR) is 90.4 cm³/mol. The largest absolute Gasteiger partial charge is 0.444 e. The fourth-order valence-electron chi connectivity index (χ4n) is 2.38. The number of carbonyl (C=O) groups excluding carboxylic acids is 1. The minimum Gasteiger partial charge on any atom is -0.444 e. The maximum absolute atomic E-state index is 12.2. The molecule has 5 nitrogen and oxygen atoms in total. The monoisotopic (exact) mass is 315 g/mol. The van der Waals surface area contributed by atoms with Crippen LogP contribution >= 0.6 is 0 Å². The summed E-state index contributed by atoms with van der Waals surface area (Å²) in [4.78, 5) is 20.1. The molecule has 23 heavy (non-hydrogen) atoms. The molecule has 0 spiro atoms. The molecule has 1 aromatic carbocycles. The van der Waals surface area contributed by atoms with Gasteiger partial charge in [0.2, 0.25) is 0 Å². The topological polar surface area (TPSA) is 67.0 Å². The van der Waals surface area contributed by atoms with Gasteiger partial charge in [-0.3, -0.25) is 0 Å². The van der Waals surface area contributed by atoms with Crippen LogP contribution in [0.1, 0.15) is 56.5 Å². The first kappa shape index (κ1) is 17.1. The van der Waals surface area contributed by atoms with E-state index in [0.717, 1.165) is 29.2 Å². The van der Waals surface area contributed by atoms with Crippen molar-refractivity contribution in [1.29, 1.82) is 0 Å². The number of H-pyrrole nitrogens is 1. The summed E-state index contributed by atoms with van der Waals surface area (Å²) in [7, 11) is 0. The Hall–Kier alpha value is -2.30. The summed E-state index contributed by atoms with van der Waals surface area (Å²) in [5, 5.41) is 2.92. The number of amides is 1. The normalized spacial score (nSPS) is 12.7. The van der Waals surface area contributed by atoms with E-state index in [1.54, 1.807) is 0 Å². The third-order valence-corrected chi connectivity index (χ3v) is 3.41. The maximum atomic E-state index is 12.2. The van der Waals surface area contributed by atoms with Crippen LogP contribution in [0, 0.1) is 6.92 Å². The Morgan fingerprint density at radius 2 is 1.96 bits per heavy atom. The average molecular weight is 315 g/mol. The van der Waals surface area contributed by atoms with E-state index in [1.807, 2.05) is 58.0 Å². The fraction of sp³-hybridized carbons (Fsp3) is 0.444. The van der Waals surface area contributed by atoms with Crippen LogP contribution in [-0.2, 0) is 11.2 Å². The van der Waals surface area contributed by atoms with Crippen molar-refractivity contribution in [3.8, 4) is 0 Å². The van der Waals surface area contributed by atoms with Gasteiger partial charge < -0.3 is 15.0 Å². The number of hydrogen-bond acceptors (Lipinski definition) is 3. The number of nitrogens with one attached hydrogen (secondary N) is 2. The molecule has 0 unspecified atom stereocenters. The number of carbonyl (C=O) groups is 1. The average Bonchev–Trinajstić information content (AvgIpc) is 2.84. The summed E-state index contributed by atoms with van der Waals surface area (Å²) in [6, 6.07) is 9.38. The van der Waals surface area contributed by atoms with Gasteiger partial charge in [0.25, 0.3) is 0 Å². The first-order valence-corrected chi connectivity index (χ1v) is 7.90.